The van der Waals surface area contributed by atoms with Crippen LogP contribution in [0.2, 0.25) is 0 Å². The number of aliphatic hydroxyl groups is 1. The molecule has 0 unspecified atom stereocenters. The molecule has 0 atom stereocenters. The molecule has 2 N–H and O–H groups in total. The Hall–Kier alpha value is -2.83. The standard InChI is InChI=1S/C15H16N4O2/c1-2-19(7-8-20)11-13(10-17)15(21)18-14-6-4-3-5-12(14)9-16/h3-6,11,20H,2,7-8H2,1H3,(H,18,21)/b13-11-. The highest BCUT2D eigenvalue weighted by Gasteiger charge is 2.12. The first kappa shape index (κ1) is 16.2. The zero-order chi connectivity index (χ0) is 15.7. The van der Waals surface area contributed by atoms with Gasteiger partial charge in [0.1, 0.15) is 17.7 Å². The molecule has 1 aromatic rings. The minimum Gasteiger partial charge on any atom is -0.395 e. The zero-order valence-electron chi connectivity index (χ0n) is 11.7. The van der Waals surface area contributed by atoms with Crippen molar-refractivity contribution in [1.82, 2.24) is 4.90 Å². The number of hydrogen-bond donors (Lipinski definition) is 2. The van der Waals surface area contributed by atoms with E-state index in [4.69, 9.17) is 15.6 Å². The van der Waals surface area contributed by atoms with E-state index < -0.39 is 5.91 Å². The Labute approximate surface area is 123 Å². The SMILES string of the molecule is CCN(/C=C(/C#N)C(=O)Nc1ccccc1C#N)CCO. The molecular formula is C15H16N4O2. The van der Waals surface area contributed by atoms with E-state index in [1.807, 2.05) is 19.1 Å². The van der Waals surface area contributed by atoms with Crippen LogP contribution in [0.15, 0.2) is 36.0 Å². The molecule has 0 saturated carbocycles. The van der Waals surface area contributed by atoms with Crippen LogP contribution in [0.25, 0.3) is 0 Å². The first-order chi connectivity index (χ1) is 10.2. The van der Waals surface area contributed by atoms with E-state index in [1.165, 1.54) is 6.20 Å². The van der Waals surface area contributed by atoms with Gasteiger partial charge in [-0.2, -0.15) is 10.5 Å². The summed E-state index contributed by atoms with van der Waals surface area (Å²) >= 11 is 0. The quantitative estimate of drug-likeness (QED) is 0.604. The topological polar surface area (TPSA) is 100 Å². The van der Waals surface area contributed by atoms with Gasteiger partial charge in [-0.25, -0.2) is 0 Å². The molecule has 0 aliphatic carbocycles. The Bertz CT molecular complexity index is 611. The summed E-state index contributed by atoms with van der Waals surface area (Å²) in [6.45, 7) is 2.68. The van der Waals surface area contributed by atoms with Crippen LogP contribution in [0.1, 0.15) is 12.5 Å². The van der Waals surface area contributed by atoms with Crippen LogP contribution in [-0.4, -0.2) is 35.6 Å². The predicted molar refractivity (Wildman–Crippen MR) is 77.8 cm³/mol. The zero-order valence-corrected chi connectivity index (χ0v) is 11.7. The molecule has 0 spiro atoms. The van der Waals surface area contributed by atoms with Gasteiger partial charge in [0, 0.05) is 19.3 Å². The predicted octanol–water partition coefficient (Wildman–Crippen LogP) is 1.22. The van der Waals surface area contributed by atoms with Gasteiger partial charge in [-0.05, 0) is 19.1 Å². The Morgan fingerprint density at radius 3 is 2.71 bits per heavy atom. The Balaban J connectivity index is 2.93. The van der Waals surface area contributed by atoms with E-state index in [9.17, 15) is 4.79 Å². The minimum absolute atomic E-state index is 0.0675. The number of para-hydroxylation sites is 1. The van der Waals surface area contributed by atoms with Crippen LogP contribution in [-0.2, 0) is 4.79 Å². The van der Waals surface area contributed by atoms with Crippen molar-refractivity contribution in [2.24, 2.45) is 0 Å². The summed E-state index contributed by atoms with van der Waals surface area (Å²) in [5.41, 5.74) is 0.597. The Morgan fingerprint density at radius 1 is 1.43 bits per heavy atom. The lowest BCUT2D eigenvalue weighted by molar-refractivity contribution is -0.112. The monoisotopic (exact) mass is 284 g/mol. The molecule has 0 saturated heterocycles. The van der Waals surface area contributed by atoms with E-state index >= 15 is 0 Å². The molecule has 0 aliphatic heterocycles. The summed E-state index contributed by atoms with van der Waals surface area (Å²) in [5, 5.41) is 29.5. The van der Waals surface area contributed by atoms with Gasteiger partial charge in [-0.15, -0.1) is 0 Å². The summed E-state index contributed by atoms with van der Waals surface area (Å²) in [6, 6.07) is 10.3. The summed E-state index contributed by atoms with van der Waals surface area (Å²) in [4.78, 5) is 13.7. The fourth-order valence-corrected chi connectivity index (χ4v) is 1.64. The van der Waals surface area contributed by atoms with Crippen molar-refractivity contribution in [1.29, 1.82) is 10.5 Å². The molecule has 21 heavy (non-hydrogen) atoms. The van der Waals surface area contributed by atoms with Crippen molar-refractivity contribution < 1.29 is 9.90 Å². The Kier molecular flexibility index (Phi) is 6.46. The molecular weight excluding hydrogens is 268 g/mol. The van der Waals surface area contributed by atoms with Crippen LogP contribution >= 0.6 is 0 Å². The smallest absolute Gasteiger partial charge is 0.267 e. The molecule has 0 fully saturated rings. The number of nitrogens with zero attached hydrogens (tertiary/aromatic N) is 3. The number of benzene rings is 1. The number of anilines is 1. The van der Waals surface area contributed by atoms with Crippen LogP contribution in [0.3, 0.4) is 0 Å². The highest BCUT2D eigenvalue weighted by atomic mass is 16.3. The molecule has 6 nitrogen and oxygen atoms in total. The molecule has 0 aromatic heterocycles. The average molecular weight is 284 g/mol. The van der Waals surface area contributed by atoms with E-state index in [2.05, 4.69) is 5.32 Å². The number of amides is 1. The molecule has 1 aromatic carbocycles. The maximum atomic E-state index is 12.1. The van der Waals surface area contributed by atoms with E-state index in [0.29, 0.717) is 24.3 Å². The molecule has 108 valence electrons. The Morgan fingerprint density at radius 2 is 2.14 bits per heavy atom. The van der Waals surface area contributed by atoms with Gasteiger partial charge in [0.2, 0.25) is 0 Å². The van der Waals surface area contributed by atoms with Crippen LogP contribution < -0.4 is 5.32 Å². The highest BCUT2D eigenvalue weighted by molar-refractivity contribution is 6.07. The van der Waals surface area contributed by atoms with Gasteiger partial charge in [-0.1, -0.05) is 12.1 Å². The maximum Gasteiger partial charge on any atom is 0.267 e. The van der Waals surface area contributed by atoms with Crippen molar-refractivity contribution in [3.8, 4) is 12.1 Å². The fourth-order valence-electron chi connectivity index (χ4n) is 1.64. The third-order valence-electron chi connectivity index (χ3n) is 2.77. The van der Waals surface area contributed by atoms with E-state index in [0.717, 1.165) is 0 Å². The second-order valence-electron chi connectivity index (χ2n) is 4.12. The van der Waals surface area contributed by atoms with Gasteiger partial charge in [0.05, 0.1) is 17.9 Å². The molecule has 6 heteroatoms. The first-order valence-corrected chi connectivity index (χ1v) is 6.43. The number of carbonyl (C=O) groups excluding carboxylic acids is 1. The fraction of sp³-hybridized carbons (Fsp3) is 0.267. The summed E-state index contributed by atoms with van der Waals surface area (Å²) in [7, 11) is 0. The van der Waals surface area contributed by atoms with Crippen molar-refractivity contribution >= 4 is 11.6 Å². The summed E-state index contributed by atoms with van der Waals surface area (Å²) in [5.74, 6) is -0.586. The number of carbonyl (C=O) groups is 1. The minimum atomic E-state index is -0.586. The lowest BCUT2D eigenvalue weighted by atomic mass is 10.2. The molecule has 0 radical (unpaired) electrons. The largest absolute Gasteiger partial charge is 0.395 e. The number of aliphatic hydroxyl groups excluding tert-OH is 1. The number of nitriles is 2. The second kappa shape index (κ2) is 8.36. The number of hydrogen-bond acceptors (Lipinski definition) is 5. The van der Waals surface area contributed by atoms with Gasteiger partial charge < -0.3 is 15.3 Å². The van der Waals surface area contributed by atoms with Crippen LogP contribution in [0, 0.1) is 22.7 Å². The van der Waals surface area contributed by atoms with Crippen molar-refractivity contribution in [3.05, 3.63) is 41.6 Å². The van der Waals surface area contributed by atoms with Crippen molar-refractivity contribution in [2.45, 2.75) is 6.92 Å². The summed E-state index contributed by atoms with van der Waals surface area (Å²) in [6.07, 6.45) is 1.40. The summed E-state index contributed by atoms with van der Waals surface area (Å²) < 4.78 is 0. The average Bonchev–Trinajstić information content (AvgIpc) is 2.51. The van der Waals surface area contributed by atoms with Crippen molar-refractivity contribution in [3.63, 3.8) is 0 Å². The lowest BCUT2D eigenvalue weighted by Crippen LogP contribution is -2.24. The second-order valence-corrected chi connectivity index (χ2v) is 4.12. The van der Waals surface area contributed by atoms with E-state index in [1.54, 1.807) is 29.2 Å². The van der Waals surface area contributed by atoms with Crippen LogP contribution in [0.4, 0.5) is 5.69 Å². The number of likely N-dealkylation sites (N-methyl/N-ethyl adjacent to an activating group) is 1. The molecule has 0 bridgehead atoms. The van der Waals surface area contributed by atoms with E-state index in [-0.39, 0.29) is 12.2 Å². The van der Waals surface area contributed by atoms with Gasteiger partial charge in [0.15, 0.2) is 0 Å². The van der Waals surface area contributed by atoms with Crippen LogP contribution in [0.5, 0.6) is 0 Å². The van der Waals surface area contributed by atoms with Gasteiger partial charge >= 0.3 is 0 Å². The number of rotatable bonds is 6. The lowest BCUT2D eigenvalue weighted by Gasteiger charge is -2.17. The van der Waals surface area contributed by atoms with Gasteiger partial charge in [0.25, 0.3) is 5.91 Å². The third kappa shape index (κ3) is 4.64. The normalized spacial score (nSPS) is 10.4. The highest BCUT2D eigenvalue weighted by Crippen LogP contribution is 2.14. The third-order valence-corrected chi connectivity index (χ3v) is 2.77. The first-order valence-electron chi connectivity index (χ1n) is 6.43. The van der Waals surface area contributed by atoms with Gasteiger partial charge in [-0.3, -0.25) is 4.79 Å². The molecule has 0 aliphatic rings. The number of nitrogens with one attached hydrogen (secondary N) is 1. The molecule has 0 heterocycles. The molecule has 1 amide bonds. The maximum absolute atomic E-state index is 12.1. The van der Waals surface area contributed by atoms with Crippen molar-refractivity contribution in [2.75, 3.05) is 25.0 Å². The molecule has 1 rings (SSSR count).